The molecule has 0 saturated heterocycles. The number of allylic oxidation sites excluding steroid dienone is 1. The van der Waals surface area contributed by atoms with Crippen molar-refractivity contribution in [2.75, 3.05) is 5.75 Å². The molecule has 5 heteroatoms. The average molecular weight is 266 g/mol. The van der Waals surface area contributed by atoms with Crippen molar-refractivity contribution >= 4 is 15.8 Å². The molecule has 0 aliphatic carbocycles. The van der Waals surface area contributed by atoms with E-state index in [0.717, 1.165) is 11.0 Å². The number of rotatable bonds is 3. The van der Waals surface area contributed by atoms with Gasteiger partial charge in [0.15, 0.2) is 9.84 Å². The van der Waals surface area contributed by atoms with Gasteiger partial charge in [0.25, 0.3) is 0 Å². The highest BCUT2D eigenvalue weighted by Gasteiger charge is 2.24. The Bertz CT molecular complexity index is 587. The molecule has 0 saturated carbocycles. The second kappa shape index (κ2) is 4.94. The summed E-state index contributed by atoms with van der Waals surface area (Å²) in [6.45, 7) is 1.91. The number of ether oxygens (including phenoxy) is 1. The van der Waals surface area contributed by atoms with Crippen LogP contribution in [0, 0.1) is 12.8 Å². The highest BCUT2D eigenvalue weighted by molar-refractivity contribution is 7.94. The summed E-state index contributed by atoms with van der Waals surface area (Å²) in [6.07, 6.45) is 1.64. The summed E-state index contributed by atoms with van der Waals surface area (Å²) in [6, 6.07) is 7.17. The molecule has 0 amide bonds. The van der Waals surface area contributed by atoms with Gasteiger partial charge in [-0.3, -0.25) is 4.79 Å². The summed E-state index contributed by atoms with van der Waals surface area (Å²) in [4.78, 5) is 11.6. The van der Waals surface area contributed by atoms with Gasteiger partial charge in [-0.2, -0.15) is 0 Å². The Hall–Kier alpha value is -1.62. The lowest BCUT2D eigenvalue weighted by atomic mass is 10.1. The minimum Gasteiger partial charge on any atom is -0.427 e. The van der Waals surface area contributed by atoms with Gasteiger partial charge in [-0.25, -0.2) is 8.42 Å². The number of aryl methyl sites for hydroxylation is 1. The molecule has 2 rings (SSSR count). The number of benzene rings is 1. The average Bonchev–Trinajstić information content (AvgIpc) is 2.57. The van der Waals surface area contributed by atoms with Crippen LogP contribution in [-0.2, 0) is 14.6 Å². The molecule has 1 aromatic rings. The van der Waals surface area contributed by atoms with E-state index in [4.69, 9.17) is 4.74 Å². The standard InChI is InChI=1S/C13H14O4S/c1-10-3-2-4-12(7-10)17-13(14)8-11-5-6-18(15,16)9-11/h2-7,11H,8-9H2,1H3/t11-/m0/s1. The molecular weight excluding hydrogens is 252 g/mol. The zero-order chi connectivity index (χ0) is 13.2. The van der Waals surface area contributed by atoms with Crippen LogP contribution in [0.25, 0.3) is 0 Å². The molecule has 0 spiro atoms. The summed E-state index contributed by atoms with van der Waals surface area (Å²) in [5, 5.41) is 1.16. The van der Waals surface area contributed by atoms with E-state index in [1.54, 1.807) is 24.3 Å². The highest BCUT2D eigenvalue weighted by Crippen LogP contribution is 2.20. The van der Waals surface area contributed by atoms with Crippen molar-refractivity contribution in [2.24, 2.45) is 5.92 Å². The second-order valence-electron chi connectivity index (χ2n) is 4.41. The van der Waals surface area contributed by atoms with Crippen LogP contribution in [0.2, 0.25) is 0 Å². The van der Waals surface area contributed by atoms with Crippen molar-refractivity contribution < 1.29 is 17.9 Å². The lowest BCUT2D eigenvalue weighted by Gasteiger charge is -2.07. The molecule has 0 radical (unpaired) electrons. The van der Waals surface area contributed by atoms with Gasteiger partial charge < -0.3 is 4.74 Å². The molecule has 1 atom stereocenters. The smallest absolute Gasteiger partial charge is 0.311 e. The number of carbonyl (C=O) groups excluding carboxylic acids is 1. The van der Waals surface area contributed by atoms with Gasteiger partial charge in [0.2, 0.25) is 0 Å². The van der Waals surface area contributed by atoms with Gasteiger partial charge in [-0.1, -0.05) is 18.2 Å². The fourth-order valence-corrected chi connectivity index (χ4v) is 3.23. The summed E-state index contributed by atoms with van der Waals surface area (Å²) in [5.74, 6) is -0.194. The van der Waals surface area contributed by atoms with Crippen molar-refractivity contribution in [3.8, 4) is 5.75 Å². The second-order valence-corrected chi connectivity index (χ2v) is 6.34. The number of hydrogen-bond donors (Lipinski definition) is 0. The van der Waals surface area contributed by atoms with E-state index in [1.807, 2.05) is 13.0 Å². The van der Waals surface area contributed by atoms with E-state index in [0.29, 0.717) is 5.75 Å². The van der Waals surface area contributed by atoms with Crippen LogP contribution in [0.4, 0.5) is 0 Å². The zero-order valence-electron chi connectivity index (χ0n) is 10.00. The predicted molar refractivity (Wildman–Crippen MR) is 67.8 cm³/mol. The summed E-state index contributed by atoms with van der Waals surface area (Å²) < 4.78 is 27.5. The maximum Gasteiger partial charge on any atom is 0.311 e. The predicted octanol–water partition coefficient (Wildman–Crippen LogP) is 1.85. The molecule has 0 bridgehead atoms. The van der Waals surface area contributed by atoms with E-state index >= 15 is 0 Å². The Morgan fingerprint density at radius 3 is 2.83 bits per heavy atom. The van der Waals surface area contributed by atoms with Crippen LogP contribution >= 0.6 is 0 Å². The molecule has 1 aliphatic rings. The maximum absolute atomic E-state index is 11.6. The molecule has 0 aromatic heterocycles. The largest absolute Gasteiger partial charge is 0.427 e. The zero-order valence-corrected chi connectivity index (χ0v) is 10.8. The molecule has 1 aliphatic heterocycles. The first kappa shape index (κ1) is 12.8. The van der Waals surface area contributed by atoms with Crippen molar-refractivity contribution in [1.29, 1.82) is 0 Å². The van der Waals surface area contributed by atoms with E-state index < -0.39 is 15.8 Å². The molecule has 0 N–H and O–H groups in total. The van der Waals surface area contributed by atoms with Crippen LogP contribution in [0.3, 0.4) is 0 Å². The minimum absolute atomic E-state index is 0.00405. The van der Waals surface area contributed by atoms with E-state index in [1.165, 1.54) is 0 Å². The SMILES string of the molecule is Cc1cccc(OC(=O)C[C@@H]2C=CS(=O)(=O)C2)c1. The Morgan fingerprint density at radius 1 is 1.44 bits per heavy atom. The van der Waals surface area contributed by atoms with Gasteiger partial charge in [-0.15, -0.1) is 0 Å². The van der Waals surface area contributed by atoms with Gasteiger partial charge in [0.05, 0.1) is 12.2 Å². The normalized spacial score (nSPS) is 20.8. The third-order valence-electron chi connectivity index (χ3n) is 2.65. The third kappa shape index (κ3) is 3.43. The first-order chi connectivity index (χ1) is 8.44. The number of carbonyl (C=O) groups is 1. The molecule has 0 unspecified atom stereocenters. The van der Waals surface area contributed by atoms with E-state index in [-0.39, 0.29) is 18.1 Å². The molecule has 96 valence electrons. The number of sulfone groups is 1. The van der Waals surface area contributed by atoms with E-state index in [9.17, 15) is 13.2 Å². The topological polar surface area (TPSA) is 60.4 Å². The quantitative estimate of drug-likeness (QED) is 0.619. The molecule has 1 aromatic carbocycles. The van der Waals surface area contributed by atoms with Crippen LogP contribution in [0.5, 0.6) is 5.75 Å². The summed E-state index contributed by atoms with van der Waals surface area (Å²) >= 11 is 0. The first-order valence-electron chi connectivity index (χ1n) is 5.63. The van der Waals surface area contributed by atoms with Gasteiger partial charge in [0.1, 0.15) is 5.75 Å². The fraction of sp³-hybridized carbons (Fsp3) is 0.308. The lowest BCUT2D eigenvalue weighted by Crippen LogP contribution is -2.15. The molecule has 1 heterocycles. The molecular formula is C13H14O4S. The Labute approximate surface area is 106 Å². The Balaban J connectivity index is 1.92. The number of hydrogen-bond acceptors (Lipinski definition) is 4. The minimum atomic E-state index is -3.11. The highest BCUT2D eigenvalue weighted by atomic mass is 32.2. The van der Waals surface area contributed by atoms with Gasteiger partial charge >= 0.3 is 5.97 Å². The number of esters is 1. The molecule has 4 nitrogen and oxygen atoms in total. The first-order valence-corrected chi connectivity index (χ1v) is 7.34. The lowest BCUT2D eigenvalue weighted by molar-refractivity contribution is -0.134. The Kier molecular flexibility index (Phi) is 3.52. The van der Waals surface area contributed by atoms with Crippen LogP contribution in [0.15, 0.2) is 35.7 Å². The summed E-state index contributed by atoms with van der Waals surface area (Å²) in [7, 11) is -3.11. The van der Waals surface area contributed by atoms with Crippen molar-refractivity contribution in [2.45, 2.75) is 13.3 Å². The summed E-state index contributed by atoms with van der Waals surface area (Å²) in [5.41, 5.74) is 1.00. The molecule has 18 heavy (non-hydrogen) atoms. The van der Waals surface area contributed by atoms with Crippen molar-refractivity contribution in [1.82, 2.24) is 0 Å². The van der Waals surface area contributed by atoms with Gasteiger partial charge in [0, 0.05) is 11.3 Å². The fourth-order valence-electron chi connectivity index (χ4n) is 1.83. The maximum atomic E-state index is 11.6. The van der Waals surface area contributed by atoms with Crippen LogP contribution in [-0.4, -0.2) is 20.1 Å². The van der Waals surface area contributed by atoms with Crippen molar-refractivity contribution in [3.05, 3.63) is 41.3 Å². The van der Waals surface area contributed by atoms with Gasteiger partial charge in [-0.05, 0) is 24.6 Å². The molecule has 0 fully saturated rings. The Morgan fingerprint density at radius 2 is 2.22 bits per heavy atom. The third-order valence-corrected chi connectivity index (χ3v) is 4.12. The van der Waals surface area contributed by atoms with Crippen LogP contribution in [0.1, 0.15) is 12.0 Å². The monoisotopic (exact) mass is 266 g/mol. The van der Waals surface area contributed by atoms with E-state index in [2.05, 4.69) is 0 Å². The van der Waals surface area contributed by atoms with Crippen molar-refractivity contribution in [3.63, 3.8) is 0 Å². The van der Waals surface area contributed by atoms with Crippen LogP contribution < -0.4 is 4.74 Å².